The Morgan fingerprint density at radius 1 is 1.06 bits per heavy atom. The first-order valence-electron chi connectivity index (χ1n) is 9.83. The summed E-state index contributed by atoms with van der Waals surface area (Å²) in [5, 5.41) is 0.875. The SMILES string of the molecule is CS(=O)(=O)Nc1cc(-c2ccc3ncnc(N4CCc5cc(F)c(Cl)cc54)c3c2)cnc1Cl. The van der Waals surface area contributed by atoms with E-state index in [0.29, 0.717) is 24.3 Å². The number of benzene rings is 2. The summed E-state index contributed by atoms with van der Waals surface area (Å²) in [6.07, 6.45) is 4.75. The molecule has 4 aromatic rings. The normalized spacial score (nSPS) is 13.4. The summed E-state index contributed by atoms with van der Waals surface area (Å²) in [5.41, 5.74) is 4.01. The first kappa shape index (κ1) is 21.8. The lowest BCUT2D eigenvalue weighted by molar-refractivity contribution is 0.606. The zero-order chi connectivity index (χ0) is 23.3. The van der Waals surface area contributed by atoms with Crippen LogP contribution >= 0.6 is 23.2 Å². The van der Waals surface area contributed by atoms with Crippen molar-refractivity contribution in [2.24, 2.45) is 0 Å². The minimum atomic E-state index is -3.52. The molecule has 0 spiro atoms. The predicted molar refractivity (Wildman–Crippen MR) is 128 cm³/mol. The van der Waals surface area contributed by atoms with E-state index in [1.54, 1.807) is 18.3 Å². The number of fused-ring (bicyclic) bond motifs is 2. The molecule has 0 bridgehead atoms. The smallest absolute Gasteiger partial charge is 0.229 e. The molecule has 0 radical (unpaired) electrons. The third-order valence-electron chi connectivity index (χ3n) is 5.35. The van der Waals surface area contributed by atoms with Crippen molar-refractivity contribution in [2.75, 3.05) is 22.4 Å². The van der Waals surface area contributed by atoms with Gasteiger partial charge in [-0.15, -0.1) is 0 Å². The molecule has 0 fully saturated rings. The maximum Gasteiger partial charge on any atom is 0.229 e. The van der Waals surface area contributed by atoms with Crippen LogP contribution in [0.4, 0.5) is 21.6 Å². The van der Waals surface area contributed by atoms with Crippen LogP contribution in [-0.2, 0) is 16.4 Å². The maximum atomic E-state index is 13.9. The number of aromatic nitrogens is 3. The molecule has 168 valence electrons. The third kappa shape index (κ3) is 4.19. The first-order valence-corrected chi connectivity index (χ1v) is 12.5. The highest BCUT2D eigenvalue weighted by atomic mass is 35.5. The second-order valence-electron chi connectivity index (χ2n) is 7.66. The summed E-state index contributed by atoms with van der Waals surface area (Å²) in [7, 11) is -3.52. The maximum absolute atomic E-state index is 13.9. The van der Waals surface area contributed by atoms with Crippen molar-refractivity contribution in [1.29, 1.82) is 0 Å². The Labute approximate surface area is 199 Å². The molecule has 1 aliphatic rings. The van der Waals surface area contributed by atoms with Gasteiger partial charge in [-0.3, -0.25) is 4.72 Å². The molecule has 0 saturated carbocycles. The molecular weight excluding hydrogens is 488 g/mol. The number of nitrogens with zero attached hydrogens (tertiary/aromatic N) is 4. The molecule has 0 amide bonds. The minimum absolute atomic E-state index is 0.0479. The highest BCUT2D eigenvalue weighted by Crippen LogP contribution is 2.40. The molecule has 7 nitrogen and oxygen atoms in total. The van der Waals surface area contributed by atoms with E-state index in [0.717, 1.165) is 34.0 Å². The minimum Gasteiger partial charge on any atom is -0.325 e. The Bertz CT molecular complexity index is 1530. The van der Waals surface area contributed by atoms with Crippen molar-refractivity contribution < 1.29 is 12.8 Å². The monoisotopic (exact) mass is 503 g/mol. The highest BCUT2D eigenvalue weighted by Gasteiger charge is 2.25. The van der Waals surface area contributed by atoms with Gasteiger partial charge in [-0.1, -0.05) is 29.3 Å². The summed E-state index contributed by atoms with van der Waals surface area (Å²) >= 11 is 12.1. The number of rotatable bonds is 4. The van der Waals surface area contributed by atoms with E-state index in [1.807, 2.05) is 23.1 Å². The second kappa shape index (κ2) is 8.09. The van der Waals surface area contributed by atoms with E-state index < -0.39 is 15.8 Å². The molecule has 33 heavy (non-hydrogen) atoms. The van der Waals surface area contributed by atoms with Gasteiger partial charge in [0.05, 0.1) is 22.5 Å². The van der Waals surface area contributed by atoms with Gasteiger partial charge in [-0.2, -0.15) is 0 Å². The predicted octanol–water partition coefficient (Wildman–Crippen LogP) is 5.20. The fourth-order valence-electron chi connectivity index (χ4n) is 3.92. The Hall–Kier alpha value is -3.01. The van der Waals surface area contributed by atoms with Crippen molar-refractivity contribution in [3.8, 4) is 11.1 Å². The van der Waals surface area contributed by atoms with Crippen molar-refractivity contribution in [3.63, 3.8) is 0 Å². The largest absolute Gasteiger partial charge is 0.325 e. The lowest BCUT2D eigenvalue weighted by atomic mass is 10.0. The Morgan fingerprint density at radius 3 is 2.67 bits per heavy atom. The molecule has 1 aliphatic heterocycles. The fourth-order valence-corrected chi connectivity index (χ4v) is 4.84. The standard InChI is InChI=1S/C22H16Cl2FN5O2S/c1-33(31,32)29-19-8-14(10-26-21(19)24)12-2-3-18-15(6-12)22(28-11-27-18)30-5-4-13-7-17(25)16(23)9-20(13)30/h2-3,6-11,29H,4-5H2,1H3. The lowest BCUT2D eigenvalue weighted by Crippen LogP contribution is -2.15. The van der Waals surface area contributed by atoms with Gasteiger partial charge < -0.3 is 4.90 Å². The fraction of sp³-hybridized carbons (Fsp3) is 0.136. The van der Waals surface area contributed by atoms with Gasteiger partial charge in [-0.05, 0) is 47.9 Å². The first-order chi connectivity index (χ1) is 15.7. The molecule has 0 aliphatic carbocycles. The van der Waals surface area contributed by atoms with Crippen LogP contribution in [-0.4, -0.2) is 36.2 Å². The van der Waals surface area contributed by atoms with E-state index in [2.05, 4.69) is 19.7 Å². The number of anilines is 3. The summed E-state index contributed by atoms with van der Waals surface area (Å²) in [4.78, 5) is 15.0. The van der Waals surface area contributed by atoms with Crippen LogP contribution < -0.4 is 9.62 Å². The average Bonchev–Trinajstić information content (AvgIpc) is 3.16. The van der Waals surface area contributed by atoms with Crippen LogP contribution in [0.5, 0.6) is 0 Å². The van der Waals surface area contributed by atoms with Gasteiger partial charge >= 0.3 is 0 Å². The number of nitrogens with one attached hydrogen (secondary N) is 1. The molecule has 2 aromatic heterocycles. The Balaban J connectivity index is 1.62. The Kier molecular flexibility index (Phi) is 5.35. The second-order valence-corrected chi connectivity index (χ2v) is 10.2. The van der Waals surface area contributed by atoms with Crippen molar-refractivity contribution in [1.82, 2.24) is 15.0 Å². The molecule has 5 rings (SSSR count). The summed E-state index contributed by atoms with van der Waals surface area (Å²) in [6.45, 7) is 0.621. The van der Waals surface area contributed by atoms with Gasteiger partial charge in [0.25, 0.3) is 0 Å². The van der Waals surface area contributed by atoms with E-state index in [1.165, 1.54) is 12.4 Å². The van der Waals surface area contributed by atoms with E-state index >= 15 is 0 Å². The number of halogens is 3. The van der Waals surface area contributed by atoms with Crippen LogP contribution in [0, 0.1) is 5.82 Å². The number of pyridine rings is 1. The quantitative estimate of drug-likeness (QED) is 0.385. The van der Waals surface area contributed by atoms with E-state index in [4.69, 9.17) is 23.2 Å². The molecule has 0 atom stereocenters. The van der Waals surface area contributed by atoms with Crippen LogP contribution in [0.1, 0.15) is 5.56 Å². The van der Waals surface area contributed by atoms with Crippen LogP contribution in [0.25, 0.3) is 22.0 Å². The topological polar surface area (TPSA) is 88.1 Å². The summed E-state index contributed by atoms with van der Waals surface area (Å²) in [5.74, 6) is 0.223. The van der Waals surface area contributed by atoms with Gasteiger partial charge in [0.2, 0.25) is 10.0 Å². The van der Waals surface area contributed by atoms with Crippen LogP contribution in [0.3, 0.4) is 0 Å². The average molecular weight is 504 g/mol. The number of hydrogen-bond donors (Lipinski definition) is 1. The Morgan fingerprint density at radius 2 is 1.88 bits per heavy atom. The molecule has 11 heteroatoms. The lowest BCUT2D eigenvalue weighted by Gasteiger charge is -2.20. The van der Waals surface area contributed by atoms with Gasteiger partial charge in [0.15, 0.2) is 5.15 Å². The third-order valence-corrected chi connectivity index (χ3v) is 6.54. The molecule has 1 N–H and O–H groups in total. The van der Waals surface area contributed by atoms with Gasteiger partial charge in [-0.25, -0.2) is 27.8 Å². The van der Waals surface area contributed by atoms with Crippen LogP contribution in [0.2, 0.25) is 10.2 Å². The molecule has 3 heterocycles. The van der Waals surface area contributed by atoms with Crippen LogP contribution in [0.15, 0.2) is 48.9 Å². The van der Waals surface area contributed by atoms with Crippen molar-refractivity contribution in [3.05, 3.63) is 70.5 Å². The summed E-state index contributed by atoms with van der Waals surface area (Å²) in [6, 6.07) is 10.3. The number of sulfonamides is 1. The molecule has 0 saturated heterocycles. The zero-order valence-corrected chi connectivity index (χ0v) is 19.5. The molecule has 0 unspecified atom stereocenters. The zero-order valence-electron chi connectivity index (χ0n) is 17.2. The van der Waals surface area contributed by atoms with Gasteiger partial charge in [0.1, 0.15) is 18.0 Å². The van der Waals surface area contributed by atoms with E-state index in [-0.39, 0.29) is 15.9 Å². The molecule has 2 aromatic carbocycles. The summed E-state index contributed by atoms with van der Waals surface area (Å²) < 4.78 is 39.6. The number of hydrogen-bond acceptors (Lipinski definition) is 6. The highest BCUT2D eigenvalue weighted by molar-refractivity contribution is 7.92. The van der Waals surface area contributed by atoms with Crippen molar-refractivity contribution in [2.45, 2.75) is 6.42 Å². The van der Waals surface area contributed by atoms with Gasteiger partial charge in [0, 0.05) is 29.4 Å². The van der Waals surface area contributed by atoms with E-state index in [9.17, 15) is 12.8 Å². The van der Waals surface area contributed by atoms with Crippen molar-refractivity contribution >= 4 is 61.3 Å². The molecular formula is C22H16Cl2FN5O2S.